The first kappa shape index (κ1) is 16.5. The van der Waals surface area contributed by atoms with Gasteiger partial charge >= 0.3 is 6.18 Å². The average Bonchev–Trinajstić information content (AvgIpc) is 2.37. The molecule has 0 radical (unpaired) electrons. The molecule has 0 aliphatic carbocycles. The molecule has 1 aromatic carbocycles. The van der Waals surface area contributed by atoms with Crippen LogP contribution < -0.4 is 5.73 Å². The number of nitrogen functional groups attached to an aromatic ring is 1. The number of aromatic nitrogens is 2. The second-order valence-electron chi connectivity index (χ2n) is 4.62. The monoisotopic (exact) mass is 335 g/mol. The van der Waals surface area contributed by atoms with E-state index in [0.717, 1.165) is 18.5 Å². The Balaban J connectivity index is 2.67. The van der Waals surface area contributed by atoms with Crippen molar-refractivity contribution in [2.24, 2.45) is 0 Å². The Morgan fingerprint density at radius 1 is 1.09 bits per heavy atom. The SMILES string of the molecule is Cc1c(-c2cc(C(F)(F)P)ccc2N)ncnc1C(F)(F)F. The van der Waals surface area contributed by atoms with Gasteiger partial charge in [0.25, 0.3) is 5.66 Å². The molecule has 0 bridgehead atoms. The lowest BCUT2D eigenvalue weighted by Gasteiger charge is -2.16. The molecule has 0 saturated heterocycles. The lowest BCUT2D eigenvalue weighted by atomic mass is 10.0. The van der Waals surface area contributed by atoms with Crippen LogP contribution in [0.15, 0.2) is 24.5 Å². The highest BCUT2D eigenvalue weighted by Crippen LogP contribution is 2.40. The maximum absolute atomic E-state index is 13.4. The highest BCUT2D eigenvalue weighted by Gasteiger charge is 2.36. The van der Waals surface area contributed by atoms with Gasteiger partial charge in [0.2, 0.25) is 0 Å². The second-order valence-corrected chi connectivity index (χ2v) is 5.34. The summed E-state index contributed by atoms with van der Waals surface area (Å²) in [5.41, 5.74) is 0.606. The Kier molecular flexibility index (Phi) is 4.08. The molecule has 0 spiro atoms. The molecule has 1 atom stereocenters. The van der Waals surface area contributed by atoms with Gasteiger partial charge in [-0.25, -0.2) is 9.97 Å². The van der Waals surface area contributed by atoms with E-state index < -0.39 is 23.1 Å². The van der Waals surface area contributed by atoms with Crippen molar-refractivity contribution in [2.45, 2.75) is 18.8 Å². The van der Waals surface area contributed by atoms with E-state index in [9.17, 15) is 22.0 Å². The molecule has 0 aliphatic heterocycles. The van der Waals surface area contributed by atoms with E-state index in [-0.39, 0.29) is 22.5 Å². The predicted molar refractivity (Wildman–Crippen MR) is 75.2 cm³/mol. The number of anilines is 1. The van der Waals surface area contributed by atoms with Crippen LogP contribution in [0.5, 0.6) is 0 Å². The molecule has 0 saturated carbocycles. The van der Waals surface area contributed by atoms with Crippen LogP contribution in [0.2, 0.25) is 0 Å². The molecule has 1 heterocycles. The zero-order chi connectivity index (χ0) is 16.7. The minimum Gasteiger partial charge on any atom is -0.398 e. The molecule has 118 valence electrons. The fraction of sp³-hybridized carbons (Fsp3) is 0.231. The molecule has 0 amide bonds. The molecule has 2 aromatic rings. The second kappa shape index (κ2) is 5.43. The summed E-state index contributed by atoms with van der Waals surface area (Å²) < 4.78 is 65.3. The van der Waals surface area contributed by atoms with Crippen molar-refractivity contribution in [3.8, 4) is 11.3 Å². The summed E-state index contributed by atoms with van der Waals surface area (Å²) in [6.07, 6.45) is -3.94. The molecule has 2 rings (SSSR count). The highest BCUT2D eigenvalue weighted by atomic mass is 31.0. The van der Waals surface area contributed by atoms with Crippen LogP contribution in [0, 0.1) is 6.92 Å². The van der Waals surface area contributed by atoms with Crippen LogP contribution in [0.4, 0.5) is 27.6 Å². The summed E-state index contributed by atoms with van der Waals surface area (Å²) in [6, 6.07) is 3.34. The topological polar surface area (TPSA) is 51.8 Å². The van der Waals surface area contributed by atoms with Gasteiger partial charge in [-0.15, -0.1) is 0 Å². The van der Waals surface area contributed by atoms with E-state index in [2.05, 4.69) is 9.97 Å². The third kappa shape index (κ3) is 3.16. The molecule has 0 fully saturated rings. The molecule has 22 heavy (non-hydrogen) atoms. The van der Waals surface area contributed by atoms with Crippen LogP contribution in [-0.4, -0.2) is 9.97 Å². The number of hydrogen-bond donors (Lipinski definition) is 1. The normalized spacial score (nSPS) is 12.5. The van der Waals surface area contributed by atoms with Gasteiger partial charge in [0, 0.05) is 22.4 Å². The summed E-state index contributed by atoms with van der Waals surface area (Å²) in [7, 11) is 1.36. The van der Waals surface area contributed by atoms with E-state index in [0.29, 0.717) is 0 Å². The van der Waals surface area contributed by atoms with Crippen molar-refractivity contribution in [3.63, 3.8) is 0 Å². The van der Waals surface area contributed by atoms with Gasteiger partial charge < -0.3 is 5.73 Å². The lowest BCUT2D eigenvalue weighted by Crippen LogP contribution is -2.12. The third-order valence-electron chi connectivity index (χ3n) is 3.05. The number of rotatable bonds is 2. The van der Waals surface area contributed by atoms with E-state index >= 15 is 0 Å². The van der Waals surface area contributed by atoms with Crippen LogP contribution in [-0.2, 0) is 11.8 Å². The quantitative estimate of drug-likeness (QED) is 0.513. The van der Waals surface area contributed by atoms with E-state index in [1.165, 1.54) is 22.2 Å². The first-order valence-electron chi connectivity index (χ1n) is 5.97. The average molecular weight is 335 g/mol. The lowest BCUT2D eigenvalue weighted by molar-refractivity contribution is -0.141. The zero-order valence-electron chi connectivity index (χ0n) is 11.2. The van der Waals surface area contributed by atoms with Crippen molar-refractivity contribution in [2.75, 3.05) is 5.73 Å². The largest absolute Gasteiger partial charge is 0.433 e. The summed E-state index contributed by atoms with van der Waals surface area (Å²) in [5.74, 6) is 0. The van der Waals surface area contributed by atoms with Crippen molar-refractivity contribution in [1.29, 1.82) is 0 Å². The number of hydrogen-bond acceptors (Lipinski definition) is 3. The number of benzene rings is 1. The molecule has 9 heteroatoms. The van der Waals surface area contributed by atoms with Crippen molar-refractivity contribution in [3.05, 3.63) is 41.3 Å². The van der Waals surface area contributed by atoms with Crippen molar-refractivity contribution >= 4 is 14.9 Å². The molecular formula is C13H11F5N3P. The van der Waals surface area contributed by atoms with Gasteiger partial charge in [-0.05, 0) is 19.1 Å². The fourth-order valence-corrected chi connectivity index (χ4v) is 2.16. The molecule has 1 aromatic heterocycles. The van der Waals surface area contributed by atoms with Gasteiger partial charge in [-0.3, -0.25) is 0 Å². The molecule has 1 unspecified atom stereocenters. The number of nitrogens with zero attached hydrogens (tertiary/aromatic N) is 2. The van der Waals surface area contributed by atoms with Gasteiger partial charge in [0.1, 0.15) is 6.33 Å². The van der Waals surface area contributed by atoms with Crippen molar-refractivity contribution in [1.82, 2.24) is 9.97 Å². The summed E-state index contributed by atoms with van der Waals surface area (Å²) in [4.78, 5) is 6.97. The maximum atomic E-state index is 13.4. The molecule has 3 nitrogen and oxygen atoms in total. The van der Waals surface area contributed by atoms with Gasteiger partial charge in [0.15, 0.2) is 5.69 Å². The zero-order valence-corrected chi connectivity index (χ0v) is 12.4. The Hall–Kier alpha value is -1.82. The molecule has 2 N–H and O–H groups in total. The third-order valence-corrected chi connectivity index (χ3v) is 3.38. The minimum absolute atomic E-state index is 0.00465. The van der Waals surface area contributed by atoms with Crippen LogP contribution >= 0.6 is 9.24 Å². The highest BCUT2D eigenvalue weighted by molar-refractivity contribution is 7.17. The summed E-state index contributed by atoms with van der Waals surface area (Å²) >= 11 is 0. The standard InChI is InChI=1S/C13H11F5N3P/c1-6-10(20-5-21-11(6)12(14,15)16)8-4-7(13(17,18)22)2-3-9(8)19/h2-5H,19,22H2,1H3. The Morgan fingerprint density at radius 2 is 1.73 bits per heavy atom. The first-order valence-corrected chi connectivity index (χ1v) is 6.55. The number of alkyl halides is 5. The predicted octanol–water partition coefficient (Wildman–Crippen LogP) is 3.98. The molecule has 0 aliphatic rings. The van der Waals surface area contributed by atoms with Gasteiger partial charge in [0.05, 0.1) is 5.69 Å². The summed E-state index contributed by atoms with van der Waals surface area (Å²) in [5, 5.41) is 0. The minimum atomic E-state index is -4.67. The molecular weight excluding hydrogens is 324 g/mol. The first-order chi connectivity index (χ1) is 10.0. The Morgan fingerprint density at radius 3 is 2.27 bits per heavy atom. The Labute approximate surface area is 125 Å². The van der Waals surface area contributed by atoms with Crippen LogP contribution in [0.25, 0.3) is 11.3 Å². The number of halogens is 5. The van der Waals surface area contributed by atoms with Crippen LogP contribution in [0.3, 0.4) is 0 Å². The van der Waals surface area contributed by atoms with E-state index in [1.807, 2.05) is 0 Å². The van der Waals surface area contributed by atoms with E-state index in [4.69, 9.17) is 5.73 Å². The van der Waals surface area contributed by atoms with E-state index in [1.54, 1.807) is 0 Å². The fourth-order valence-electron chi connectivity index (χ4n) is 1.98. The number of nitrogens with two attached hydrogens (primary N) is 1. The summed E-state index contributed by atoms with van der Waals surface area (Å²) in [6.45, 7) is 1.17. The Bertz CT molecular complexity index is 710. The van der Waals surface area contributed by atoms with Gasteiger partial charge in [-0.1, -0.05) is 15.3 Å². The smallest absolute Gasteiger partial charge is 0.398 e. The van der Waals surface area contributed by atoms with Crippen LogP contribution in [0.1, 0.15) is 16.8 Å². The van der Waals surface area contributed by atoms with Gasteiger partial charge in [-0.2, -0.15) is 22.0 Å². The maximum Gasteiger partial charge on any atom is 0.433 e. The van der Waals surface area contributed by atoms with Crippen molar-refractivity contribution < 1.29 is 22.0 Å².